The highest BCUT2D eigenvalue weighted by Gasteiger charge is 2.11. The lowest BCUT2D eigenvalue weighted by Crippen LogP contribution is -2.27. The quantitative estimate of drug-likeness (QED) is 0.833. The molecule has 1 aromatic rings. The van der Waals surface area contributed by atoms with Crippen LogP contribution < -0.4 is 15.0 Å². The van der Waals surface area contributed by atoms with E-state index in [1.54, 1.807) is 13.1 Å². The summed E-state index contributed by atoms with van der Waals surface area (Å²) >= 11 is 0. The van der Waals surface area contributed by atoms with Crippen LogP contribution in [0.1, 0.15) is 13.3 Å². The van der Waals surface area contributed by atoms with Gasteiger partial charge >= 0.3 is 0 Å². The monoisotopic (exact) mass is 313 g/mol. The number of nitrogens with one attached hydrogen (secondary N) is 1. The Morgan fingerprint density at radius 2 is 2.19 bits per heavy atom. The minimum atomic E-state index is -2.99. The first-order valence-corrected chi connectivity index (χ1v) is 9.17. The second-order valence-electron chi connectivity index (χ2n) is 5.05. The fourth-order valence-corrected chi connectivity index (χ4v) is 2.82. The number of hydrogen-bond acceptors (Lipinski definition) is 6. The van der Waals surface area contributed by atoms with Gasteiger partial charge in [0.2, 0.25) is 0 Å². The number of nitrogens with zero attached hydrogens (tertiary/aromatic N) is 2. The lowest BCUT2D eigenvalue weighted by molar-refractivity contribution is 0.339. The van der Waals surface area contributed by atoms with Crippen LogP contribution in [0.2, 0.25) is 0 Å². The molecule has 1 aliphatic heterocycles. The maximum absolute atomic E-state index is 11.4. The van der Waals surface area contributed by atoms with Gasteiger partial charge in [-0.25, -0.2) is 8.42 Å². The van der Waals surface area contributed by atoms with Crippen molar-refractivity contribution in [2.45, 2.75) is 13.3 Å². The molecule has 0 aliphatic carbocycles. The molecule has 0 bridgehead atoms. The number of pyridine rings is 1. The van der Waals surface area contributed by atoms with Crippen molar-refractivity contribution in [3.05, 3.63) is 18.5 Å². The average Bonchev–Trinajstić information content (AvgIpc) is 2.76. The summed E-state index contributed by atoms with van der Waals surface area (Å²) in [5.74, 6) is 0.813. The molecule has 0 amide bonds. The molecule has 0 atom stereocenters. The maximum Gasteiger partial charge on any atom is 0.153 e. The number of sulfone groups is 1. The summed E-state index contributed by atoms with van der Waals surface area (Å²) in [6, 6.07) is 1.93. The van der Waals surface area contributed by atoms with Crippen molar-refractivity contribution in [2.75, 3.05) is 49.2 Å². The van der Waals surface area contributed by atoms with Gasteiger partial charge < -0.3 is 15.0 Å². The summed E-state index contributed by atoms with van der Waals surface area (Å²) in [6.45, 7) is 5.74. The van der Waals surface area contributed by atoms with Crippen molar-refractivity contribution in [3.8, 4) is 5.75 Å². The predicted molar refractivity (Wildman–Crippen MR) is 83.8 cm³/mol. The highest BCUT2D eigenvalue weighted by atomic mass is 32.2. The highest BCUT2D eigenvalue weighted by Crippen LogP contribution is 2.20. The fraction of sp³-hybridized carbons (Fsp3) is 0.643. The van der Waals surface area contributed by atoms with Crippen LogP contribution in [0.3, 0.4) is 0 Å². The number of hydrogen-bond donors (Lipinski definition) is 1. The predicted octanol–water partition coefficient (Wildman–Crippen LogP) is 0.695. The van der Waals surface area contributed by atoms with E-state index in [1.807, 2.05) is 12.3 Å². The van der Waals surface area contributed by atoms with Crippen molar-refractivity contribution in [1.29, 1.82) is 0 Å². The van der Waals surface area contributed by atoms with Crippen LogP contribution in [0.5, 0.6) is 5.75 Å². The molecule has 118 valence electrons. The molecule has 0 unspecified atom stereocenters. The van der Waals surface area contributed by atoms with Gasteiger partial charge in [-0.2, -0.15) is 0 Å². The van der Waals surface area contributed by atoms with E-state index in [0.29, 0.717) is 5.75 Å². The van der Waals surface area contributed by atoms with Gasteiger partial charge in [0.05, 0.1) is 23.8 Å². The molecule has 0 saturated carbocycles. The smallest absolute Gasteiger partial charge is 0.153 e. The molecule has 1 saturated heterocycles. The molecule has 0 radical (unpaired) electrons. The third kappa shape index (κ3) is 5.17. The minimum Gasteiger partial charge on any atom is -0.491 e. The molecule has 21 heavy (non-hydrogen) atoms. The van der Waals surface area contributed by atoms with Crippen LogP contribution in [-0.2, 0) is 9.84 Å². The van der Waals surface area contributed by atoms with Crippen molar-refractivity contribution >= 4 is 15.5 Å². The zero-order valence-corrected chi connectivity index (χ0v) is 13.2. The standard InChI is InChI=1S/C14H23N3O3S/c1-2-21(18,19)9-8-20-14-10-13(11-16-12-14)17-6-3-4-15-5-7-17/h10-12,15H,2-9H2,1H3. The van der Waals surface area contributed by atoms with E-state index in [2.05, 4.69) is 15.2 Å². The number of rotatable bonds is 6. The molecule has 1 aliphatic rings. The fourth-order valence-electron chi connectivity index (χ4n) is 2.19. The van der Waals surface area contributed by atoms with Gasteiger partial charge in [0.25, 0.3) is 0 Å². The van der Waals surface area contributed by atoms with Gasteiger partial charge in [-0.05, 0) is 13.0 Å². The average molecular weight is 313 g/mol. The first-order valence-electron chi connectivity index (χ1n) is 7.34. The summed E-state index contributed by atoms with van der Waals surface area (Å²) < 4.78 is 28.4. The van der Waals surface area contributed by atoms with E-state index >= 15 is 0 Å². The molecular formula is C14H23N3O3S. The second-order valence-corrected chi connectivity index (χ2v) is 7.53. The van der Waals surface area contributed by atoms with Crippen molar-refractivity contribution in [2.24, 2.45) is 0 Å². The second kappa shape index (κ2) is 7.61. The summed E-state index contributed by atoms with van der Waals surface area (Å²) in [5, 5.41) is 3.36. The Kier molecular flexibility index (Phi) is 5.81. The zero-order valence-electron chi connectivity index (χ0n) is 12.4. The van der Waals surface area contributed by atoms with Crippen molar-refractivity contribution in [3.63, 3.8) is 0 Å². The Morgan fingerprint density at radius 3 is 3.00 bits per heavy atom. The van der Waals surface area contributed by atoms with Gasteiger partial charge in [0, 0.05) is 31.5 Å². The van der Waals surface area contributed by atoms with E-state index in [1.165, 1.54) is 0 Å². The van der Waals surface area contributed by atoms with Crippen LogP contribution in [0.4, 0.5) is 5.69 Å². The topological polar surface area (TPSA) is 71.5 Å². The van der Waals surface area contributed by atoms with E-state index in [-0.39, 0.29) is 18.1 Å². The van der Waals surface area contributed by atoms with Crippen LogP contribution >= 0.6 is 0 Å². The van der Waals surface area contributed by atoms with E-state index in [9.17, 15) is 8.42 Å². The molecule has 1 fully saturated rings. The third-order valence-corrected chi connectivity index (χ3v) is 5.18. The molecule has 0 aromatic carbocycles. The highest BCUT2D eigenvalue weighted by molar-refractivity contribution is 7.91. The number of anilines is 1. The van der Waals surface area contributed by atoms with Crippen molar-refractivity contribution < 1.29 is 13.2 Å². The molecular weight excluding hydrogens is 290 g/mol. The van der Waals surface area contributed by atoms with Crippen LogP contribution in [0.15, 0.2) is 18.5 Å². The molecule has 6 nitrogen and oxygen atoms in total. The lowest BCUT2D eigenvalue weighted by atomic mass is 10.3. The summed E-state index contributed by atoms with van der Waals surface area (Å²) in [4.78, 5) is 6.46. The van der Waals surface area contributed by atoms with Crippen molar-refractivity contribution in [1.82, 2.24) is 10.3 Å². The Bertz CT molecular complexity index is 540. The molecule has 2 heterocycles. The summed E-state index contributed by atoms with van der Waals surface area (Å²) in [7, 11) is -2.99. The SMILES string of the molecule is CCS(=O)(=O)CCOc1cncc(N2CCCNCC2)c1. The maximum atomic E-state index is 11.4. The molecule has 1 N–H and O–H groups in total. The molecule has 0 spiro atoms. The Labute approximate surface area is 126 Å². The van der Waals surface area contributed by atoms with E-state index < -0.39 is 9.84 Å². The van der Waals surface area contributed by atoms with Gasteiger partial charge in [0.1, 0.15) is 12.4 Å². The number of aromatic nitrogens is 1. The first-order chi connectivity index (χ1) is 10.1. The molecule has 1 aromatic heterocycles. The summed E-state index contributed by atoms with van der Waals surface area (Å²) in [5.41, 5.74) is 1.02. The Morgan fingerprint density at radius 1 is 1.33 bits per heavy atom. The Balaban J connectivity index is 1.94. The van der Waals surface area contributed by atoms with E-state index in [4.69, 9.17) is 4.74 Å². The van der Waals surface area contributed by atoms with Gasteiger partial charge in [0.15, 0.2) is 9.84 Å². The van der Waals surface area contributed by atoms with Gasteiger partial charge in [-0.15, -0.1) is 0 Å². The van der Waals surface area contributed by atoms with Crippen LogP contribution in [0, 0.1) is 0 Å². The van der Waals surface area contributed by atoms with E-state index in [0.717, 1.165) is 38.3 Å². The molecule has 7 heteroatoms. The molecule has 2 rings (SSSR count). The normalized spacial score (nSPS) is 16.5. The zero-order chi connectivity index (χ0) is 15.1. The van der Waals surface area contributed by atoms with Crippen LogP contribution in [0.25, 0.3) is 0 Å². The third-order valence-electron chi connectivity index (χ3n) is 3.51. The van der Waals surface area contributed by atoms with Gasteiger partial charge in [-0.3, -0.25) is 4.98 Å². The first kappa shape index (κ1) is 16.0. The lowest BCUT2D eigenvalue weighted by Gasteiger charge is -2.22. The largest absolute Gasteiger partial charge is 0.491 e. The number of ether oxygens (including phenoxy) is 1. The minimum absolute atomic E-state index is 0.0430. The van der Waals surface area contributed by atoms with Gasteiger partial charge in [-0.1, -0.05) is 6.92 Å². The van der Waals surface area contributed by atoms with Crippen LogP contribution in [-0.4, -0.2) is 57.7 Å². The summed E-state index contributed by atoms with van der Waals surface area (Å²) in [6.07, 6.45) is 4.54. The Hall–Kier alpha value is -1.34.